The molecule has 5 aromatic rings. The Hall–Kier alpha value is -4.25. The molecule has 0 bridgehead atoms. The molecular weight excluding hydrogens is 386 g/mol. The molecule has 0 unspecified atom stereocenters. The van der Waals surface area contributed by atoms with Crippen LogP contribution in [0.15, 0.2) is 104 Å². The van der Waals surface area contributed by atoms with Gasteiger partial charge in [-0.15, -0.1) is 0 Å². The van der Waals surface area contributed by atoms with Gasteiger partial charge in [0.05, 0.1) is 16.6 Å². The van der Waals surface area contributed by atoms with Crippen molar-refractivity contribution in [1.82, 2.24) is 14.5 Å². The first-order valence-corrected chi connectivity index (χ1v) is 9.97. The zero-order valence-electron chi connectivity index (χ0n) is 16.7. The summed E-state index contributed by atoms with van der Waals surface area (Å²) in [7, 11) is 0. The lowest BCUT2D eigenvalue weighted by Gasteiger charge is -2.08. The van der Waals surface area contributed by atoms with Gasteiger partial charge in [-0.05, 0) is 47.5 Å². The van der Waals surface area contributed by atoms with Crippen molar-refractivity contribution < 1.29 is 9.53 Å². The Morgan fingerprint density at radius 2 is 1.77 bits per heavy atom. The third-order valence-electron chi connectivity index (χ3n) is 5.11. The topological polar surface area (TPSA) is 57.0 Å². The maximum atomic E-state index is 12.5. The highest BCUT2D eigenvalue weighted by Crippen LogP contribution is 2.25. The summed E-state index contributed by atoms with van der Waals surface area (Å²) in [4.78, 5) is 21.1. The molecule has 0 amide bonds. The van der Waals surface area contributed by atoms with Gasteiger partial charge < -0.3 is 4.74 Å². The number of carbonyl (C=O) groups excluding carboxylic acids is 1. The van der Waals surface area contributed by atoms with Crippen molar-refractivity contribution in [2.24, 2.45) is 0 Å². The van der Waals surface area contributed by atoms with Crippen molar-refractivity contribution in [2.45, 2.75) is 6.61 Å². The van der Waals surface area contributed by atoms with E-state index in [0.29, 0.717) is 5.56 Å². The van der Waals surface area contributed by atoms with Gasteiger partial charge in [0, 0.05) is 23.6 Å². The van der Waals surface area contributed by atoms with E-state index in [0.717, 1.165) is 33.4 Å². The van der Waals surface area contributed by atoms with Crippen LogP contribution in [-0.4, -0.2) is 20.5 Å². The number of hydrogen-bond acceptors (Lipinski definition) is 4. The van der Waals surface area contributed by atoms with E-state index >= 15 is 0 Å². The number of pyridine rings is 1. The van der Waals surface area contributed by atoms with E-state index in [1.807, 2.05) is 53.1 Å². The molecule has 5 rings (SSSR count). The maximum absolute atomic E-state index is 12.5. The molecule has 0 radical (unpaired) electrons. The Kier molecular flexibility index (Phi) is 4.99. The SMILES string of the molecule is O=C(OCc1cccnc1)c1cccc(-n2cnc3cc(-c4ccccc4)ccc32)c1. The van der Waals surface area contributed by atoms with Crippen LogP contribution in [0, 0.1) is 0 Å². The summed E-state index contributed by atoms with van der Waals surface area (Å²) in [5, 5.41) is 0. The van der Waals surface area contributed by atoms with Crippen LogP contribution in [0.3, 0.4) is 0 Å². The van der Waals surface area contributed by atoms with E-state index in [-0.39, 0.29) is 12.6 Å². The van der Waals surface area contributed by atoms with Gasteiger partial charge in [-0.25, -0.2) is 9.78 Å². The highest BCUT2D eigenvalue weighted by molar-refractivity contribution is 5.90. The number of ether oxygens (including phenoxy) is 1. The zero-order valence-corrected chi connectivity index (χ0v) is 16.7. The molecule has 0 aliphatic rings. The number of hydrogen-bond donors (Lipinski definition) is 0. The molecule has 0 saturated heterocycles. The van der Waals surface area contributed by atoms with Gasteiger partial charge in [0.25, 0.3) is 0 Å². The number of benzene rings is 3. The van der Waals surface area contributed by atoms with Gasteiger partial charge in [0.15, 0.2) is 0 Å². The van der Waals surface area contributed by atoms with Crippen LogP contribution < -0.4 is 0 Å². The molecule has 0 saturated carbocycles. The van der Waals surface area contributed by atoms with E-state index in [2.05, 4.69) is 40.3 Å². The number of esters is 1. The number of rotatable bonds is 5. The fourth-order valence-corrected chi connectivity index (χ4v) is 3.53. The average Bonchev–Trinajstić information content (AvgIpc) is 3.27. The Balaban J connectivity index is 1.41. The minimum absolute atomic E-state index is 0.188. The molecular formula is C26H19N3O2. The zero-order chi connectivity index (χ0) is 21.0. The fraction of sp³-hybridized carbons (Fsp3) is 0.0385. The van der Waals surface area contributed by atoms with Crippen molar-refractivity contribution in [1.29, 1.82) is 0 Å². The molecule has 31 heavy (non-hydrogen) atoms. The predicted octanol–water partition coefficient (Wildman–Crippen LogP) is 5.44. The van der Waals surface area contributed by atoms with Gasteiger partial charge in [-0.3, -0.25) is 9.55 Å². The largest absolute Gasteiger partial charge is 0.457 e. The van der Waals surface area contributed by atoms with Crippen LogP contribution in [0.25, 0.3) is 27.8 Å². The summed E-state index contributed by atoms with van der Waals surface area (Å²) in [6.07, 6.45) is 5.15. The van der Waals surface area contributed by atoms with Crippen molar-refractivity contribution in [3.63, 3.8) is 0 Å². The van der Waals surface area contributed by atoms with Crippen molar-refractivity contribution in [3.8, 4) is 16.8 Å². The molecule has 5 heteroatoms. The number of carbonyl (C=O) groups is 1. The van der Waals surface area contributed by atoms with Crippen LogP contribution in [0.1, 0.15) is 15.9 Å². The lowest BCUT2D eigenvalue weighted by atomic mass is 10.1. The molecule has 150 valence electrons. The third kappa shape index (κ3) is 3.94. The maximum Gasteiger partial charge on any atom is 0.338 e. The van der Waals surface area contributed by atoms with Crippen LogP contribution in [0.2, 0.25) is 0 Å². The lowest BCUT2D eigenvalue weighted by molar-refractivity contribution is 0.0472. The summed E-state index contributed by atoms with van der Waals surface area (Å²) in [5.74, 6) is -0.374. The number of aromatic nitrogens is 3. The van der Waals surface area contributed by atoms with Gasteiger partial charge in [0.1, 0.15) is 12.9 Å². The van der Waals surface area contributed by atoms with E-state index in [4.69, 9.17) is 4.74 Å². The molecule has 0 fully saturated rings. The van der Waals surface area contributed by atoms with E-state index in [1.54, 1.807) is 24.8 Å². The second kappa shape index (κ2) is 8.24. The van der Waals surface area contributed by atoms with Gasteiger partial charge in [-0.2, -0.15) is 0 Å². The average molecular weight is 405 g/mol. The summed E-state index contributed by atoms with van der Waals surface area (Å²) in [6, 6.07) is 27.5. The highest BCUT2D eigenvalue weighted by Gasteiger charge is 2.11. The summed E-state index contributed by atoms with van der Waals surface area (Å²) < 4.78 is 7.41. The molecule has 0 spiro atoms. The Labute approximate surface area is 179 Å². The molecule has 3 aromatic carbocycles. The molecule has 0 atom stereocenters. The van der Waals surface area contributed by atoms with Crippen molar-refractivity contribution in [3.05, 3.63) is 115 Å². The third-order valence-corrected chi connectivity index (χ3v) is 5.11. The highest BCUT2D eigenvalue weighted by atomic mass is 16.5. The van der Waals surface area contributed by atoms with Crippen LogP contribution in [0.4, 0.5) is 0 Å². The standard InChI is InChI=1S/C26H19N3O2/c30-26(31-17-19-6-5-13-27-16-19)22-9-4-10-23(14-22)29-18-28-24-15-21(11-12-25(24)29)20-7-2-1-3-8-20/h1-16,18H,17H2. The number of fused-ring (bicyclic) bond motifs is 1. The van der Waals surface area contributed by atoms with Gasteiger partial charge >= 0.3 is 5.97 Å². The van der Waals surface area contributed by atoms with Gasteiger partial charge in [0.2, 0.25) is 0 Å². The Morgan fingerprint density at radius 1 is 0.871 bits per heavy atom. The first-order chi connectivity index (χ1) is 15.3. The van der Waals surface area contributed by atoms with Gasteiger partial charge in [-0.1, -0.05) is 48.5 Å². The second-order valence-corrected chi connectivity index (χ2v) is 7.17. The second-order valence-electron chi connectivity index (χ2n) is 7.17. The fourth-order valence-electron chi connectivity index (χ4n) is 3.53. The lowest BCUT2D eigenvalue weighted by Crippen LogP contribution is -2.06. The van der Waals surface area contributed by atoms with E-state index in [1.165, 1.54) is 0 Å². The summed E-state index contributed by atoms with van der Waals surface area (Å²) in [6.45, 7) is 0.188. The first kappa shape index (κ1) is 18.8. The molecule has 2 aromatic heterocycles. The normalized spacial score (nSPS) is 10.8. The number of nitrogens with zero attached hydrogens (tertiary/aromatic N) is 3. The van der Waals surface area contributed by atoms with Crippen molar-refractivity contribution in [2.75, 3.05) is 0 Å². The summed E-state index contributed by atoms with van der Waals surface area (Å²) in [5.41, 5.74) is 6.33. The molecule has 0 N–H and O–H groups in total. The van der Waals surface area contributed by atoms with Crippen LogP contribution in [0.5, 0.6) is 0 Å². The first-order valence-electron chi connectivity index (χ1n) is 9.97. The van der Waals surface area contributed by atoms with E-state index in [9.17, 15) is 4.79 Å². The molecule has 5 nitrogen and oxygen atoms in total. The predicted molar refractivity (Wildman–Crippen MR) is 120 cm³/mol. The minimum Gasteiger partial charge on any atom is -0.457 e. The monoisotopic (exact) mass is 405 g/mol. The van der Waals surface area contributed by atoms with Crippen LogP contribution in [-0.2, 0) is 11.3 Å². The van der Waals surface area contributed by atoms with E-state index < -0.39 is 0 Å². The number of imidazole rings is 1. The smallest absolute Gasteiger partial charge is 0.338 e. The summed E-state index contributed by atoms with van der Waals surface area (Å²) >= 11 is 0. The minimum atomic E-state index is -0.374. The molecule has 0 aliphatic carbocycles. The Morgan fingerprint density at radius 3 is 2.61 bits per heavy atom. The quantitative estimate of drug-likeness (QED) is 0.365. The molecule has 0 aliphatic heterocycles. The van der Waals surface area contributed by atoms with Crippen LogP contribution >= 0.6 is 0 Å². The molecule has 2 heterocycles. The Bertz CT molecular complexity index is 1350. The van der Waals surface area contributed by atoms with Crippen molar-refractivity contribution >= 4 is 17.0 Å².